The summed E-state index contributed by atoms with van der Waals surface area (Å²) in [5.74, 6) is -0.313. The van der Waals surface area contributed by atoms with Gasteiger partial charge in [0.1, 0.15) is 11.5 Å². The Hall–Kier alpha value is -3.68. The van der Waals surface area contributed by atoms with Crippen LogP contribution in [0.25, 0.3) is 27.5 Å². The third-order valence-electron chi connectivity index (χ3n) is 4.97. The smallest absolute Gasteiger partial charge is 0.418 e. The minimum atomic E-state index is -4.75. The zero-order valence-corrected chi connectivity index (χ0v) is 15.9. The summed E-state index contributed by atoms with van der Waals surface area (Å²) in [6.45, 7) is 0. The first-order valence-electron chi connectivity index (χ1n) is 8.85. The maximum Gasteiger partial charge on any atom is 0.418 e. The van der Waals surface area contributed by atoms with Crippen molar-refractivity contribution in [1.82, 2.24) is 4.57 Å². The van der Waals surface area contributed by atoms with Gasteiger partial charge in [-0.05, 0) is 54.6 Å². The molecule has 0 spiro atoms. The molecule has 0 amide bonds. The van der Waals surface area contributed by atoms with E-state index < -0.39 is 23.3 Å². The lowest BCUT2D eigenvalue weighted by atomic mass is 10.1. The number of halogens is 3. The molecule has 5 nitrogen and oxygen atoms in total. The van der Waals surface area contributed by atoms with Gasteiger partial charge in [-0.1, -0.05) is 0 Å². The van der Waals surface area contributed by atoms with E-state index in [1.165, 1.54) is 24.9 Å². The highest BCUT2D eigenvalue weighted by Gasteiger charge is 2.35. The summed E-state index contributed by atoms with van der Waals surface area (Å²) < 4.78 is 53.6. The van der Waals surface area contributed by atoms with Gasteiger partial charge in [-0.2, -0.15) is 13.2 Å². The van der Waals surface area contributed by atoms with Gasteiger partial charge in [-0.3, -0.25) is 0 Å². The molecule has 0 fully saturated rings. The van der Waals surface area contributed by atoms with E-state index in [1.807, 2.05) is 0 Å². The highest BCUT2D eigenvalue weighted by molar-refractivity contribution is 6.10. The molecule has 1 heterocycles. The van der Waals surface area contributed by atoms with E-state index in [2.05, 4.69) is 0 Å². The third kappa shape index (κ3) is 3.10. The number of aromatic nitrogens is 1. The number of aromatic carboxylic acids is 1. The molecule has 154 valence electrons. The second kappa shape index (κ2) is 6.98. The topological polar surface area (TPSA) is 60.7 Å². The predicted octanol–water partition coefficient (Wildman–Crippen LogP) is 5.52. The Labute approximate surface area is 168 Å². The average molecular weight is 415 g/mol. The van der Waals surface area contributed by atoms with Crippen LogP contribution in [0.4, 0.5) is 13.2 Å². The molecule has 4 aromatic rings. The van der Waals surface area contributed by atoms with Crippen LogP contribution in [0.3, 0.4) is 0 Å². The van der Waals surface area contributed by atoms with Crippen LogP contribution < -0.4 is 9.47 Å². The Balaban J connectivity index is 2.14. The van der Waals surface area contributed by atoms with E-state index in [-0.39, 0.29) is 5.69 Å². The Morgan fingerprint density at radius 2 is 1.40 bits per heavy atom. The molecule has 0 saturated carbocycles. The second-order valence-electron chi connectivity index (χ2n) is 6.64. The molecule has 0 unspecified atom stereocenters. The zero-order valence-electron chi connectivity index (χ0n) is 15.9. The van der Waals surface area contributed by atoms with E-state index in [4.69, 9.17) is 14.6 Å². The van der Waals surface area contributed by atoms with Crippen molar-refractivity contribution in [3.8, 4) is 17.2 Å². The van der Waals surface area contributed by atoms with Gasteiger partial charge in [0, 0.05) is 10.8 Å². The van der Waals surface area contributed by atoms with Gasteiger partial charge in [0.2, 0.25) is 0 Å². The molecular weight excluding hydrogens is 399 g/mol. The van der Waals surface area contributed by atoms with Gasteiger partial charge in [0.15, 0.2) is 0 Å². The SMILES string of the molecule is COc1ccc2c(c1)c1cc(OC)ccc1n2-c1ccc(C(=O)O)cc1C(F)(F)F. The molecule has 0 saturated heterocycles. The standard InChI is InChI=1S/C22H16F3NO4/c1-29-13-4-7-18-15(10-13)16-11-14(30-2)5-8-19(16)26(18)20-6-3-12(21(27)28)9-17(20)22(23,24)25/h3-11H,1-2H3,(H,27,28). The Kier molecular flexibility index (Phi) is 4.57. The van der Waals surface area contributed by atoms with Crippen LogP contribution in [0, 0.1) is 0 Å². The number of carboxylic acid groups (broad SMARTS) is 1. The number of alkyl halides is 3. The molecule has 8 heteroatoms. The molecule has 0 bridgehead atoms. The van der Waals surface area contributed by atoms with Crippen LogP contribution in [-0.2, 0) is 6.18 Å². The largest absolute Gasteiger partial charge is 0.497 e. The van der Waals surface area contributed by atoms with Crippen molar-refractivity contribution in [1.29, 1.82) is 0 Å². The number of hydrogen-bond donors (Lipinski definition) is 1. The van der Waals surface area contributed by atoms with Crippen LogP contribution >= 0.6 is 0 Å². The summed E-state index contributed by atoms with van der Waals surface area (Å²) in [4.78, 5) is 11.2. The van der Waals surface area contributed by atoms with E-state index in [9.17, 15) is 18.0 Å². The molecule has 3 aromatic carbocycles. The minimum absolute atomic E-state index is 0.164. The van der Waals surface area contributed by atoms with Crippen LogP contribution in [0.15, 0.2) is 54.6 Å². The molecule has 0 radical (unpaired) electrons. The normalized spacial score (nSPS) is 11.8. The zero-order chi connectivity index (χ0) is 21.6. The number of carbonyl (C=O) groups is 1. The fraction of sp³-hybridized carbons (Fsp3) is 0.136. The van der Waals surface area contributed by atoms with Crippen molar-refractivity contribution in [2.75, 3.05) is 14.2 Å². The van der Waals surface area contributed by atoms with Gasteiger partial charge in [0.25, 0.3) is 0 Å². The molecule has 1 N–H and O–H groups in total. The van der Waals surface area contributed by atoms with Crippen LogP contribution in [0.1, 0.15) is 15.9 Å². The van der Waals surface area contributed by atoms with Crippen LogP contribution in [0.5, 0.6) is 11.5 Å². The Bertz CT molecular complexity index is 1230. The first-order chi connectivity index (χ1) is 14.2. The van der Waals surface area contributed by atoms with Crippen molar-refractivity contribution in [3.05, 3.63) is 65.7 Å². The number of carboxylic acids is 1. The maximum atomic E-state index is 13.9. The number of ether oxygens (including phenoxy) is 2. The lowest BCUT2D eigenvalue weighted by Gasteiger charge is -2.16. The summed E-state index contributed by atoms with van der Waals surface area (Å²) in [5.41, 5.74) is -0.592. The van der Waals surface area contributed by atoms with E-state index in [0.717, 1.165) is 6.07 Å². The van der Waals surface area contributed by atoms with Gasteiger partial charge < -0.3 is 19.1 Å². The van der Waals surface area contributed by atoms with Crippen molar-refractivity contribution in [2.24, 2.45) is 0 Å². The van der Waals surface area contributed by atoms with Crippen LogP contribution in [-0.4, -0.2) is 29.9 Å². The first kappa shape index (κ1) is 19.6. The summed E-state index contributed by atoms with van der Waals surface area (Å²) in [6.07, 6.45) is -4.75. The molecular formula is C22H16F3NO4. The lowest BCUT2D eigenvalue weighted by Crippen LogP contribution is -2.12. The molecule has 0 atom stereocenters. The second-order valence-corrected chi connectivity index (χ2v) is 6.64. The fourth-order valence-electron chi connectivity index (χ4n) is 3.59. The van der Waals surface area contributed by atoms with E-state index >= 15 is 0 Å². The lowest BCUT2D eigenvalue weighted by molar-refractivity contribution is -0.137. The van der Waals surface area contributed by atoms with Gasteiger partial charge in [0.05, 0.1) is 42.1 Å². The fourth-order valence-corrected chi connectivity index (χ4v) is 3.59. The van der Waals surface area contributed by atoms with Crippen molar-refractivity contribution in [3.63, 3.8) is 0 Å². The summed E-state index contributed by atoms with van der Waals surface area (Å²) >= 11 is 0. The highest BCUT2D eigenvalue weighted by Crippen LogP contribution is 2.40. The molecule has 0 aliphatic rings. The highest BCUT2D eigenvalue weighted by atomic mass is 19.4. The summed E-state index contributed by atoms with van der Waals surface area (Å²) in [7, 11) is 3.01. The number of hydrogen-bond acceptors (Lipinski definition) is 3. The molecule has 30 heavy (non-hydrogen) atoms. The van der Waals surface area contributed by atoms with Crippen LogP contribution in [0.2, 0.25) is 0 Å². The van der Waals surface area contributed by atoms with Crippen molar-refractivity contribution >= 4 is 27.8 Å². The van der Waals surface area contributed by atoms with Gasteiger partial charge >= 0.3 is 12.1 Å². The quantitative estimate of drug-likeness (QED) is 0.477. The number of benzene rings is 3. The molecule has 1 aromatic heterocycles. The number of rotatable bonds is 4. The predicted molar refractivity (Wildman–Crippen MR) is 106 cm³/mol. The Morgan fingerprint density at radius 1 is 0.867 bits per heavy atom. The molecule has 0 aliphatic heterocycles. The minimum Gasteiger partial charge on any atom is -0.497 e. The van der Waals surface area contributed by atoms with E-state index in [0.29, 0.717) is 39.4 Å². The Morgan fingerprint density at radius 3 is 1.83 bits per heavy atom. The molecule has 4 rings (SSSR count). The number of nitrogens with zero attached hydrogens (tertiary/aromatic N) is 1. The third-order valence-corrected chi connectivity index (χ3v) is 4.97. The average Bonchev–Trinajstić information content (AvgIpc) is 3.05. The van der Waals surface area contributed by atoms with Crippen molar-refractivity contribution < 1.29 is 32.5 Å². The summed E-state index contributed by atoms with van der Waals surface area (Å²) in [6, 6.07) is 13.2. The first-order valence-corrected chi connectivity index (χ1v) is 8.85. The monoisotopic (exact) mass is 415 g/mol. The number of fused-ring (bicyclic) bond motifs is 3. The maximum absolute atomic E-state index is 13.9. The van der Waals surface area contributed by atoms with E-state index in [1.54, 1.807) is 36.4 Å². The number of methoxy groups -OCH3 is 2. The molecule has 0 aliphatic carbocycles. The van der Waals surface area contributed by atoms with Gasteiger partial charge in [-0.15, -0.1) is 0 Å². The summed E-state index contributed by atoms with van der Waals surface area (Å²) in [5, 5.41) is 10.5. The van der Waals surface area contributed by atoms with Gasteiger partial charge in [-0.25, -0.2) is 4.79 Å². The van der Waals surface area contributed by atoms with Crippen molar-refractivity contribution in [2.45, 2.75) is 6.18 Å².